The van der Waals surface area contributed by atoms with Gasteiger partial charge in [-0.3, -0.25) is 9.59 Å². The van der Waals surface area contributed by atoms with E-state index in [1.807, 2.05) is 0 Å². The summed E-state index contributed by atoms with van der Waals surface area (Å²) in [5.74, 6) is -1.28. The van der Waals surface area contributed by atoms with Crippen molar-refractivity contribution in [2.45, 2.75) is 26.1 Å². The average Bonchev–Trinajstić information content (AvgIpc) is 2.56. The Morgan fingerprint density at radius 1 is 1.31 bits per heavy atom. The number of nitrogens with zero attached hydrogens (tertiary/aromatic N) is 1. The van der Waals surface area contributed by atoms with E-state index in [1.54, 1.807) is 20.0 Å². The molecule has 1 aromatic heterocycles. The van der Waals surface area contributed by atoms with Gasteiger partial charge in [-0.05, 0) is 18.1 Å². The molecule has 2 aromatic rings. The van der Waals surface area contributed by atoms with Crippen molar-refractivity contribution in [1.29, 1.82) is 0 Å². The molecule has 5 nitrogen and oxygen atoms in total. The van der Waals surface area contributed by atoms with Gasteiger partial charge in [0.1, 0.15) is 0 Å². The highest BCUT2D eigenvalue weighted by Crippen LogP contribution is 2.30. The van der Waals surface area contributed by atoms with Gasteiger partial charge in [0.25, 0.3) is 0 Å². The summed E-state index contributed by atoms with van der Waals surface area (Å²) in [7, 11) is 1.62. The molecule has 26 heavy (non-hydrogen) atoms. The lowest BCUT2D eigenvalue weighted by molar-refractivity contribution is -0.137. The van der Waals surface area contributed by atoms with Crippen LogP contribution in [0.5, 0.6) is 5.75 Å². The fourth-order valence-electron chi connectivity index (χ4n) is 2.51. The van der Waals surface area contributed by atoms with E-state index < -0.39 is 23.1 Å². The third kappa shape index (κ3) is 4.87. The summed E-state index contributed by atoms with van der Waals surface area (Å²) >= 11 is 0. The van der Waals surface area contributed by atoms with Crippen LogP contribution in [0.15, 0.2) is 41.3 Å². The van der Waals surface area contributed by atoms with Gasteiger partial charge in [0.2, 0.25) is 11.3 Å². The van der Waals surface area contributed by atoms with Crippen molar-refractivity contribution in [2.75, 3.05) is 0 Å². The number of amides is 1. The van der Waals surface area contributed by atoms with Crippen LogP contribution in [-0.4, -0.2) is 15.6 Å². The molecule has 1 atom stereocenters. The quantitative estimate of drug-likeness (QED) is 0.852. The zero-order valence-corrected chi connectivity index (χ0v) is 14.3. The Hall–Kier alpha value is -2.77. The fraction of sp³-hybridized carbons (Fsp3) is 0.333. The lowest BCUT2D eigenvalue weighted by Gasteiger charge is -2.15. The number of alkyl halides is 3. The number of carbonyl (C=O) groups is 1. The van der Waals surface area contributed by atoms with Crippen LogP contribution in [-0.2, 0) is 31.0 Å². The smallest absolute Gasteiger partial charge is 0.416 e. The van der Waals surface area contributed by atoms with E-state index in [0.29, 0.717) is 11.3 Å². The molecular formula is C18H19F3N2O3. The van der Waals surface area contributed by atoms with Crippen molar-refractivity contribution >= 4 is 5.91 Å². The van der Waals surface area contributed by atoms with Gasteiger partial charge in [0, 0.05) is 30.9 Å². The molecule has 0 radical (unpaired) electrons. The van der Waals surface area contributed by atoms with Crippen LogP contribution in [0.4, 0.5) is 13.2 Å². The Morgan fingerprint density at radius 3 is 2.65 bits per heavy atom. The molecule has 1 amide bonds. The first-order valence-corrected chi connectivity index (χ1v) is 7.90. The summed E-state index contributed by atoms with van der Waals surface area (Å²) in [5.41, 5.74) is -0.391. The Bertz CT molecular complexity index is 859. The number of benzene rings is 1. The molecule has 1 heterocycles. The Kier molecular flexibility index (Phi) is 5.74. The largest absolute Gasteiger partial charge is 0.503 e. The van der Waals surface area contributed by atoms with E-state index in [0.717, 1.165) is 12.1 Å². The summed E-state index contributed by atoms with van der Waals surface area (Å²) in [4.78, 5) is 23.7. The van der Waals surface area contributed by atoms with E-state index in [-0.39, 0.29) is 24.6 Å². The summed E-state index contributed by atoms with van der Waals surface area (Å²) in [6, 6.07) is 6.10. The third-order valence-corrected chi connectivity index (χ3v) is 4.01. The fourth-order valence-corrected chi connectivity index (χ4v) is 2.51. The van der Waals surface area contributed by atoms with Gasteiger partial charge in [-0.1, -0.05) is 25.1 Å². The maximum atomic E-state index is 12.7. The van der Waals surface area contributed by atoms with Crippen LogP contribution in [0.3, 0.4) is 0 Å². The van der Waals surface area contributed by atoms with E-state index in [2.05, 4.69) is 5.32 Å². The van der Waals surface area contributed by atoms with Gasteiger partial charge in [-0.2, -0.15) is 13.2 Å². The van der Waals surface area contributed by atoms with Crippen LogP contribution in [0.2, 0.25) is 0 Å². The van der Waals surface area contributed by atoms with Crippen LogP contribution in [0.25, 0.3) is 0 Å². The molecule has 8 heteroatoms. The number of nitrogens with one attached hydrogen (secondary N) is 1. The second kappa shape index (κ2) is 7.63. The SMILES string of the molecule is CC(Cc1cccc(C(F)(F)F)c1)C(=O)NCc1cc(=O)c(O)cn1C. The third-order valence-electron chi connectivity index (χ3n) is 4.01. The van der Waals surface area contributed by atoms with Gasteiger partial charge in [-0.25, -0.2) is 0 Å². The Balaban J connectivity index is 2.00. The summed E-state index contributed by atoms with van der Waals surface area (Å²) < 4.78 is 39.7. The van der Waals surface area contributed by atoms with Crippen molar-refractivity contribution in [3.05, 3.63) is 63.6 Å². The zero-order valence-electron chi connectivity index (χ0n) is 14.3. The standard InChI is InChI=1S/C18H19F3N2O3/c1-11(6-12-4-3-5-13(7-12)18(19,20)21)17(26)22-9-14-8-15(24)16(25)10-23(14)2/h3-5,7-8,10-11,25H,6,9H2,1-2H3,(H,22,26). The summed E-state index contributed by atoms with van der Waals surface area (Å²) in [6.45, 7) is 1.68. The molecule has 1 unspecified atom stereocenters. The number of aromatic hydroxyl groups is 1. The van der Waals surface area contributed by atoms with Crippen LogP contribution >= 0.6 is 0 Å². The molecule has 0 saturated heterocycles. The molecular weight excluding hydrogens is 349 g/mol. The highest BCUT2D eigenvalue weighted by Gasteiger charge is 2.30. The predicted molar refractivity (Wildman–Crippen MR) is 89.5 cm³/mol. The van der Waals surface area contributed by atoms with Gasteiger partial charge in [-0.15, -0.1) is 0 Å². The first-order valence-electron chi connectivity index (χ1n) is 7.90. The topological polar surface area (TPSA) is 71.3 Å². The number of hydrogen-bond acceptors (Lipinski definition) is 3. The Labute approximate surface area is 148 Å². The molecule has 0 fully saturated rings. The number of rotatable bonds is 5. The number of aryl methyl sites for hydroxylation is 1. The minimum atomic E-state index is -4.43. The van der Waals surface area contributed by atoms with E-state index in [1.165, 1.54) is 22.9 Å². The van der Waals surface area contributed by atoms with Crippen LogP contribution in [0.1, 0.15) is 23.7 Å². The predicted octanol–water partition coefficient (Wildman–Crippen LogP) is 2.60. The van der Waals surface area contributed by atoms with Gasteiger partial charge in [0.15, 0.2) is 5.75 Å². The molecule has 1 aromatic carbocycles. The van der Waals surface area contributed by atoms with Crippen LogP contribution in [0, 0.1) is 5.92 Å². The second-order valence-electron chi connectivity index (χ2n) is 6.15. The maximum Gasteiger partial charge on any atom is 0.416 e. The van der Waals surface area contributed by atoms with Crippen molar-refractivity contribution in [1.82, 2.24) is 9.88 Å². The van der Waals surface area contributed by atoms with Gasteiger partial charge < -0.3 is 15.0 Å². The van der Waals surface area contributed by atoms with Gasteiger partial charge >= 0.3 is 6.18 Å². The lowest BCUT2D eigenvalue weighted by Crippen LogP contribution is -2.31. The maximum absolute atomic E-state index is 12.7. The molecule has 2 rings (SSSR count). The highest BCUT2D eigenvalue weighted by molar-refractivity contribution is 5.78. The van der Waals surface area contributed by atoms with Crippen LogP contribution < -0.4 is 10.7 Å². The highest BCUT2D eigenvalue weighted by atomic mass is 19.4. The molecule has 0 aliphatic heterocycles. The number of carbonyl (C=O) groups excluding carboxylic acids is 1. The van der Waals surface area contributed by atoms with Crippen molar-refractivity contribution in [3.63, 3.8) is 0 Å². The summed E-state index contributed by atoms with van der Waals surface area (Å²) in [5, 5.41) is 12.0. The molecule has 140 valence electrons. The average molecular weight is 368 g/mol. The molecule has 0 bridgehead atoms. The first kappa shape index (κ1) is 19.6. The molecule has 0 aliphatic carbocycles. The van der Waals surface area contributed by atoms with Crippen molar-refractivity contribution < 1.29 is 23.1 Å². The van der Waals surface area contributed by atoms with E-state index in [4.69, 9.17) is 0 Å². The molecule has 0 saturated carbocycles. The van der Waals surface area contributed by atoms with Crippen molar-refractivity contribution in [3.8, 4) is 5.75 Å². The first-order chi connectivity index (χ1) is 12.1. The lowest BCUT2D eigenvalue weighted by atomic mass is 9.98. The minimum Gasteiger partial charge on any atom is -0.503 e. The monoisotopic (exact) mass is 368 g/mol. The molecule has 2 N–H and O–H groups in total. The Morgan fingerprint density at radius 2 is 2.00 bits per heavy atom. The molecule has 0 aliphatic rings. The number of hydrogen-bond donors (Lipinski definition) is 2. The van der Waals surface area contributed by atoms with Gasteiger partial charge in [0.05, 0.1) is 12.1 Å². The number of aromatic nitrogens is 1. The van der Waals surface area contributed by atoms with E-state index >= 15 is 0 Å². The van der Waals surface area contributed by atoms with E-state index in [9.17, 15) is 27.9 Å². The number of pyridine rings is 1. The summed E-state index contributed by atoms with van der Waals surface area (Å²) in [6.07, 6.45) is -3.02. The molecule has 0 spiro atoms. The normalized spacial score (nSPS) is 12.7. The van der Waals surface area contributed by atoms with Crippen molar-refractivity contribution in [2.24, 2.45) is 13.0 Å². The second-order valence-corrected chi connectivity index (χ2v) is 6.15. The minimum absolute atomic E-state index is 0.0672. The number of halogens is 3. The zero-order chi connectivity index (χ0) is 19.5.